The van der Waals surface area contributed by atoms with Gasteiger partial charge in [-0.3, -0.25) is 9.59 Å². The fraction of sp³-hybridized carbons (Fsp3) is 0.871. The van der Waals surface area contributed by atoms with Gasteiger partial charge in [-0.05, 0) is 84.9 Å². The quantitative estimate of drug-likeness (QED) is 0.348. The molecule has 4 saturated carbocycles. The molecule has 0 spiro atoms. The third kappa shape index (κ3) is 3.01. The smallest absolute Gasteiger partial charge is 0.309 e. The number of aliphatic hydroxyl groups excluding tert-OH is 1. The fourth-order valence-corrected chi connectivity index (χ4v) is 10.9. The molecule has 0 radical (unpaired) electrons. The molecule has 5 aliphatic carbocycles. The van der Waals surface area contributed by atoms with Crippen LogP contribution in [0.25, 0.3) is 0 Å². The van der Waals surface area contributed by atoms with Crippen LogP contribution in [0, 0.1) is 56.7 Å². The van der Waals surface area contributed by atoms with Gasteiger partial charge < -0.3 is 9.84 Å². The number of Topliss-reactive ketones (excluding diaryl/α,β-unsaturated/α-hetero) is 1. The van der Waals surface area contributed by atoms with Crippen molar-refractivity contribution in [3.63, 3.8) is 0 Å². The van der Waals surface area contributed by atoms with E-state index in [1.54, 1.807) is 0 Å². The number of hydrogen-bond acceptors (Lipinski definition) is 4. The molecule has 4 fully saturated rings. The highest BCUT2D eigenvalue weighted by molar-refractivity contribution is 5.85. The molecular formula is C31H48O4. The van der Waals surface area contributed by atoms with Gasteiger partial charge in [-0.1, -0.05) is 60.1 Å². The van der Waals surface area contributed by atoms with Crippen LogP contribution in [0.15, 0.2) is 11.6 Å². The Morgan fingerprint density at radius 2 is 1.69 bits per heavy atom. The summed E-state index contributed by atoms with van der Waals surface area (Å²) in [5, 5.41) is 11.4. The molecule has 4 heteroatoms. The van der Waals surface area contributed by atoms with E-state index in [9.17, 15) is 14.7 Å². The molecule has 10 atom stereocenters. The van der Waals surface area contributed by atoms with Crippen LogP contribution in [0.1, 0.15) is 99.8 Å². The summed E-state index contributed by atoms with van der Waals surface area (Å²) in [4.78, 5) is 25.7. The first-order valence-electron chi connectivity index (χ1n) is 14.2. The van der Waals surface area contributed by atoms with Crippen molar-refractivity contribution < 1.29 is 19.4 Å². The van der Waals surface area contributed by atoms with Gasteiger partial charge in [0.1, 0.15) is 5.78 Å². The average molecular weight is 485 g/mol. The lowest BCUT2D eigenvalue weighted by Gasteiger charge is -2.71. The van der Waals surface area contributed by atoms with E-state index in [0.717, 1.165) is 38.5 Å². The summed E-state index contributed by atoms with van der Waals surface area (Å²) in [6.07, 6.45) is 9.72. The first-order chi connectivity index (χ1) is 16.2. The average Bonchev–Trinajstić information content (AvgIpc) is 2.79. The van der Waals surface area contributed by atoms with Crippen LogP contribution >= 0.6 is 0 Å². The number of carbonyl (C=O) groups is 2. The van der Waals surface area contributed by atoms with Crippen molar-refractivity contribution in [1.82, 2.24) is 0 Å². The minimum atomic E-state index is -0.484. The maximum Gasteiger partial charge on any atom is 0.309 e. The van der Waals surface area contributed by atoms with Crippen molar-refractivity contribution >= 4 is 11.8 Å². The van der Waals surface area contributed by atoms with Crippen LogP contribution in [0.5, 0.6) is 0 Å². The Bertz CT molecular complexity index is 965. The topological polar surface area (TPSA) is 63.6 Å². The Morgan fingerprint density at radius 1 is 1.00 bits per heavy atom. The van der Waals surface area contributed by atoms with E-state index in [0.29, 0.717) is 30.5 Å². The summed E-state index contributed by atoms with van der Waals surface area (Å²) in [5.41, 5.74) is 1.45. The normalized spacial score (nSPS) is 52.8. The molecule has 0 bridgehead atoms. The molecule has 35 heavy (non-hydrogen) atoms. The third-order valence-corrected chi connectivity index (χ3v) is 13.4. The molecule has 196 valence electrons. The lowest BCUT2D eigenvalue weighted by atomic mass is 9.33. The van der Waals surface area contributed by atoms with Gasteiger partial charge in [-0.2, -0.15) is 0 Å². The first kappa shape index (κ1) is 25.5. The van der Waals surface area contributed by atoms with E-state index in [1.807, 2.05) is 0 Å². The lowest BCUT2D eigenvalue weighted by molar-refractivity contribution is -0.194. The molecular weight excluding hydrogens is 436 g/mol. The van der Waals surface area contributed by atoms with Gasteiger partial charge in [-0.15, -0.1) is 0 Å². The molecule has 0 heterocycles. The summed E-state index contributed by atoms with van der Waals surface area (Å²) in [7, 11) is 1.47. The first-order valence-corrected chi connectivity index (χ1v) is 14.2. The van der Waals surface area contributed by atoms with Gasteiger partial charge in [0, 0.05) is 17.3 Å². The minimum absolute atomic E-state index is 0.0473. The number of ketones is 1. The van der Waals surface area contributed by atoms with Crippen molar-refractivity contribution in [3.05, 3.63) is 11.6 Å². The zero-order valence-electron chi connectivity index (χ0n) is 23.4. The lowest BCUT2D eigenvalue weighted by Crippen LogP contribution is -2.65. The Morgan fingerprint density at radius 3 is 2.34 bits per heavy atom. The van der Waals surface area contributed by atoms with Crippen molar-refractivity contribution in [1.29, 1.82) is 0 Å². The van der Waals surface area contributed by atoms with Crippen LogP contribution in [-0.2, 0) is 14.3 Å². The molecule has 5 aliphatic rings. The van der Waals surface area contributed by atoms with E-state index in [1.165, 1.54) is 12.7 Å². The monoisotopic (exact) mass is 484 g/mol. The maximum absolute atomic E-state index is 12.9. The molecule has 0 aliphatic heterocycles. The molecule has 0 aromatic rings. The molecule has 4 nitrogen and oxygen atoms in total. The Balaban J connectivity index is 1.59. The molecule has 10 unspecified atom stereocenters. The van der Waals surface area contributed by atoms with Crippen molar-refractivity contribution in [3.8, 4) is 0 Å². The Kier molecular flexibility index (Phi) is 5.59. The predicted octanol–water partition coefficient (Wildman–Crippen LogP) is 6.36. The number of aliphatic hydroxyl groups is 1. The summed E-state index contributed by atoms with van der Waals surface area (Å²) >= 11 is 0. The highest BCUT2D eigenvalue weighted by atomic mass is 16.5. The summed E-state index contributed by atoms with van der Waals surface area (Å²) < 4.78 is 5.19. The maximum atomic E-state index is 12.9. The predicted molar refractivity (Wildman–Crippen MR) is 137 cm³/mol. The standard InChI is InChI=1S/C31H48O4/c1-18-19(26(34)35-8)17-24(33)29(5)15-16-30(6)20(25(18)29)9-10-22-28(4)13-12-23(32)27(2,3)21(28)11-14-31(22,30)7/h9,18-19,21-22,24-25,33H,10-17H2,1-8H3. The summed E-state index contributed by atoms with van der Waals surface area (Å²) in [5.74, 6) is 1.38. The molecule has 0 saturated heterocycles. The second-order valence-electron chi connectivity index (χ2n) is 14.7. The molecule has 0 aromatic heterocycles. The molecule has 1 N–H and O–H groups in total. The van der Waals surface area contributed by atoms with Gasteiger partial charge in [0.15, 0.2) is 0 Å². The van der Waals surface area contributed by atoms with E-state index in [2.05, 4.69) is 54.5 Å². The SMILES string of the molecule is COC(=O)C1CC(O)C2(C)CCC3(C)C(=CCC4C5(C)CCC(=O)C(C)(C)C5CCC43C)C2C1C. The van der Waals surface area contributed by atoms with Gasteiger partial charge in [0.25, 0.3) is 0 Å². The Labute approximate surface area is 212 Å². The number of rotatable bonds is 1. The highest BCUT2D eigenvalue weighted by Gasteiger charge is 2.69. The second-order valence-corrected chi connectivity index (χ2v) is 14.7. The number of ether oxygens (including phenoxy) is 1. The van der Waals surface area contributed by atoms with Gasteiger partial charge in [0.05, 0.1) is 19.1 Å². The number of carbonyl (C=O) groups excluding carboxylic acids is 2. The van der Waals surface area contributed by atoms with Crippen LogP contribution in [-0.4, -0.2) is 30.1 Å². The van der Waals surface area contributed by atoms with Crippen molar-refractivity contribution in [2.45, 2.75) is 106 Å². The van der Waals surface area contributed by atoms with Crippen LogP contribution in [0.3, 0.4) is 0 Å². The minimum Gasteiger partial charge on any atom is -0.469 e. The molecule has 0 amide bonds. The van der Waals surface area contributed by atoms with E-state index < -0.39 is 6.10 Å². The van der Waals surface area contributed by atoms with E-state index in [4.69, 9.17) is 4.74 Å². The second kappa shape index (κ2) is 7.68. The van der Waals surface area contributed by atoms with E-state index in [-0.39, 0.29) is 50.8 Å². The van der Waals surface area contributed by atoms with Gasteiger partial charge in [0.2, 0.25) is 0 Å². The van der Waals surface area contributed by atoms with Crippen molar-refractivity contribution in [2.75, 3.05) is 7.11 Å². The zero-order chi connectivity index (χ0) is 25.8. The molecule has 5 rings (SSSR count). The fourth-order valence-electron chi connectivity index (χ4n) is 10.9. The molecule has 0 aromatic carbocycles. The number of allylic oxidation sites excluding steroid dienone is 2. The third-order valence-electron chi connectivity index (χ3n) is 13.4. The van der Waals surface area contributed by atoms with Crippen LogP contribution in [0.2, 0.25) is 0 Å². The van der Waals surface area contributed by atoms with Crippen molar-refractivity contribution in [2.24, 2.45) is 56.7 Å². The van der Waals surface area contributed by atoms with E-state index >= 15 is 0 Å². The highest BCUT2D eigenvalue weighted by Crippen LogP contribution is 2.75. The number of methoxy groups -OCH3 is 1. The largest absolute Gasteiger partial charge is 0.469 e. The van der Waals surface area contributed by atoms with Crippen LogP contribution in [0.4, 0.5) is 0 Å². The summed E-state index contributed by atoms with van der Waals surface area (Å²) in [6, 6.07) is 0. The number of hydrogen-bond donors (Lipinski definition) is 1. The number of fused-ring (bicyclic) bond motifs is 7. The zero-order valence-corrected chi connectivity index (χ0v) is 23.4. The summed E-state index contributed by atoms with van der Waals surface area (Å²) in [6.45, 7) is 16.5. The number of esters is 1. The van der Waals surface area contributed by atoms with Gasteiger partial charge in [-0.25, -0.2) is 0 Å². The van der Waals surface area contributed by atoms with Gasteiger partial charge >= 0.3 is 5.97 Å². The Hall–Kier alpha value is -1.16. The van der Waals surface area contributed by atoms with Crippen LogP contribution < -0.4 is 0 Å².